The van der Waals surface area contributed by atoms with Crippen LogP contribution < -0.4 is 11.1 Å². The van der Waals surface area contributed by atoms with E-state index in [4.69, 9.17) is 10.6 Å². The number of oxime groups is 1. The highest BCUT2D eigenvalue weighted by molar-refractivity contribution is 8.03. The van der Waals surface area contributed by atoms with Crippen molar-refractivity contribution in [3.63, 3.8) is 0 Å². The Morgan fingerprint density at radius 3 is 2.89 bits per heavy atom. The molecule has 2 amide bonds. The molecule has 5 rings (SSSR count). The number of hydrogen-bond donors (Lipinski definition) is 3. The molecule has 2 aliphatic heterocycles. The fourth-order valence-corrected chi connectivity index (χ4v) is 7.31. The van der Waals surface area contributed by atoms with Gasteiger partial charge >= 0.3 is 5.97 Å². The molecule has 0 spiro atoms. The molecule has 0 aliphatic carbocycles. The van der Waals surface area contributed by atoms with Crippen LogP contribution in [0.5, 0.6) is 0 Å². The highest BCUT2D eigenvalue weighted by Crippen LogP contribution is 2.41. The number of pyridine rings is 1. The van der Waals surface area contributed by atoms with Crippen molar-refractivity contribution >= 4 is 85.4 Å². The lowest BCUT2D eigenvalue weighted by molar-refractivity contribution is -0.150. The highest BCUT2D eigenvalue weighted by atomic mass is 32.2. The molecule has 17 heteroatoms. The molecular weight excluding hydrogens is 573 g/mol. The number of nitrogens with zero attached hydrogens (tertiary/aromatic N) is 6. The average molecular weight is 591 g/mol. The Kier molecular flexibility index (Phi) is 7.33. The summed E-state index contributed by atoms with van der Waals surface area (Å²) in [6.45, 7) is 1.96. The number of hydrogen-bond acceptors (Lipinski definition) is 14. The van der Waals surface area contributed by atoms with Gasteiger partial charge < -0.3 is 21.0 Å². The number of β-lactam (4-membered cyclic amide) rings is 1. The van der Waals surface area contributed by atoms with Crippen molar-refractivity contribution in [1.82, 2.24) is 29.5 Å². The van der Waals surface area contributed by atoms with Crippen LogP contribution in [0.3, 0.4) is 0 Å². The number of allylic oxidation sites excluding steroid dienone is 1. The van der Waals surface area contributed by atoms with E-state index in [9.17, 15) is 19.5 Å². The van der Waals surface area contributed by atoms with Gasteiger partial charge in [-0.2, -0.15) is 9.36 Å². The first kappa shape index (κ1) is 26.1. The van der Waals surface area contributed by atoms with Gasteiger partial charge in [-0.1, -0.05) is 28.3 Å². The number of anilines is 1. The number of thiazole rings is 1. The van der Waals surface area contributed by atoms with E-state index in [1.165, 1.54) is 46.9 Å². The largest absolute Gasteiger partial charge is 0.477 e. The quantitative estimate of drug-likeness (QED) is 0.150. The summed E-state index contributed by atoms with van der Waals surface area (Å²) in [6, 6.07) is 0.932. The lowest BCUT2D eigenvalue weighted by atomic mass is 10.0. The number of nitrogens with two attached hydrogens (primary N) is 1. The third-order valence-electron chi connectivity index (χ3n) is 5.46. The van der Waals surface area contributed by atoms with E-state index >= 15 is 0 Å². The van der Waals surface area contributed by atoms with E-state index in [0.717, 1.165) is 31.8 Å². The topological polar surface area (TPSA) is 186 Å². The number of aliphatic carboxylic acids is 1. The third kappa shape index (κ3) is 4.84. The summed E-state index contributed by atoms with van der Waals surface area (Å²) in [4.78, 5) is 57.5. The molecule has 4 N–H and O–H groups in total. The first-order chi connectivity index (χ1) is 18.3. The molecule has 196 valence electrons. The fourth-order valence-electron chi connectivity index (χ4n) is 3.74. The van der Waals surface area contributed by atoms with Gasteiger partial charge in [0.1, 0.15) is 34.6 Å². The van der Waals surface area contributed by atoms with Crippen molar-refractivity contribution in [3.05, 3.63) is 46.4 Å². The van der Waals surface area contributed by atoms with Crippen molar-refractivity contribution in [3.8, 4) is 0 Å². The number of carbonyl (C=O) groups is 3. The van der Waals surface area contributed by atoms with Gasteiger partial charge in [0, 0.05) is 23.5 Å². The maximum Gasteiger partial charge on any atom is 0.352 e. The van der Waals surface area contributed by atoms with Gasteiger partial charge in [0.25, 0.3) is 11.8 Å². The van der Waals surface area contributed by atoms with Gasteiger partial charge in [0.15, 0.2) is 9.47 Å². The lowest BCUT2D eigenvalue weighted by Gasteiger charge is -2.49. The van der Waals surface area contributed by atoms with Gasteiger partial charge in [-0.05, 0) is 35.6 Å². The normalized spacial score (nSPS) is 19.6. The van der Waals surface area contributed by atoms with Crippen LogP contribution in [0, 0.1) is 6.92 Å². The second kappa shape index (κ2) is 10.7. The van der Waals surface area contributed by atoms with Crippen LogP contribution in [0.25, 0.3) is 10.3 Å². The maximum atomic E-state index is 13.0. The molecule has 1 saturated heterocycles. The maximum absolute atomic E-state index is 13.0. The van der Waals surface area contributed by atoms with Crippen molar-refractivity contribution in [2.24, 2.45) is 5.16 Å². The summed E-state index contributed by atoms with van der Waals surface area (Å²) in [6.07, 6.45) is 3.40. The van der Waals surface area contributed by atoms with Gasteiger partial charge in [-0.15, -0.1) is 11.8 Å². The minimum atomic E-state index is -1.23. The van der Waals surface area contributed by atoms with Crippen LogP contribution in [0.15, 0.2) is 44.5 Å². The van der Waals surface area contributed by atoms with Crippen LogP contribution in [0.2, 0.25) is 0 Å². The van der Waals surface area contributed by atoms with Crippen LogP contribution in [-0.2, 0) is 19.2 Å². The van der Waals surface area contributed by atoms with Gasteiger partial charge in [-0.25, -0.2) is 14.8 Å². The number of carbonyl (C=O) groups excluding carboxylic acids is 2. The molecule has 0 saturated carbocycles. The van der Waals surface area contributed by atoms with E-state index in [1.807, 2.05) is 13.0 Å². The molecule has 38 heavy (non-hydrogen) atoms. The summed E-state index contributed by atoms with van der Waals surface area (Å²) in [5.74, 6) is -2.25. The highest BCUT2D eigenvalue weighted by Gasteiger charge is 2.54. The monoisotopic (exact) mass is 590 g/mol. The molecule has 2 aliphatic rings. The Labute approximate surface area is 231 Å². The summed E-state index contributed by atoms with van der Waals surface area (Å²) >= 11 is 5.00. The predicted octanol–water partition coefficient (Wildman–Crippen LogP) is 1.83. The number of nitrogen functional groups attached to an aromatic ring is 1. The van der Waals surface area contributed by atoms with E-state index < -0.39 is 29.2 Å². The molecular formula is C21H18N8O5S4. The summed E-state index contributed by atoms with van der Waals surface area (Å²) in [5, 5.41) is 17.4. The van der Waals surface area contributed by atoms with E-state index in [1.54, 1.807) is 17.7 Å². The smallest absolute Gasteiger partial charge is 0.352 e. The number of aryl methyl sites for hydroxylation is 1. The Morgan fingerprint density at radius 2 is 2.21 bits per heavy atom. The van der Waals surface area contributed by atoms with Crippen molar-refractivity contribution < 1.29 is 24.3 Å². The van der Waals surface area contributed by atoms with E-state index in [0.29, 0.717) is 11.3 Å². The van der Waals surface area contributed by atoms with Gasteiger partial charge in [-0.3, -0.25) is 14.5 Å². The van der Waals surface area contributed by atoms with Gasteiger partial charge in [0.05, 0.1) is 0 Å². The number of aromatic nitrogens is 4. The molecule has 3 aromatic rings. The molecule has 13 nitrogen and oxygen atoms in total. The first-order valence-corrected chi connectivity index (χ1v) is 14.3. The number of thioether (sulfide) groups is 2. The average Bonchev–Trinajstić information content (AvgIpc) is 3.51. The molecule has 1 fully saturated rings. The molecule has 0 radical (unpaired) electrons. The first-order valence-electron chi connectivity index (χ1n) is 10.8. The van der Waals surface area contributed by atoms with Crippen LogP contribution >= 0.6 is 46.4 Å². The third-order valence-corrected chi connectivity index (χ3v) is 9.16. The number of rotatable bonds is 8. The number of fused-ring (bicyclic) bond motifs is 2. The number of nitrogens with one attached hydrogen (secondary N) is 1. The van der Waals surface area contributed by atoms with Crippen LogP contribution in [0.4, 0.5) is 5.13 Å². The zero-order valence-electron chi connectivity index (χ0n) is 19.6. The molecule has 0 unspecified atom stereocenters. The minimum absolute atomic E-state index is 0.0399. The molecule has 3 aromatic heterocycles. The predicted molar refractivity (Wildman–Crippen MR) is 145 cm³/mol. The second-order valence-corrected chi connectivity index (χ2v) is 11.8. The molecule has 5 heterocycles. The van der Waals surface area contributed by atoms with Crippen LogP contribution in [0.1, 0.15) is 11.4 Å². The zero-order chi connectivity index (χ0) is 27.0. The fraction of sp³-hybridized carbons (Fsp3) is 0.238. The molecule has 0 bridgehead atoms. The molecule has 2 atom stereocenters. The van der Waals surface area contributed by atoms with E-state index in [2.05, 4.69) is 29.8 Å². The SMILES string of the molecule is CO/N=C(\C(=O)N[C@@H]1C(=O)N2C(C(=O)O)=C(/C=C/Sc3nc4c(C)ccnc4s3)CS[C@H]12)c1nsc(N)n1. The Balaban J connectivity index is 1.31. The Hall–Kier alpha value is -3.54. The standard InChI is InChI=1S/C21H18N8O5S4/c1-8-3-5-23-16-10(8)25-21(37-16)35-6-4-9-7-36-18-12(17(31)29(18)13(9)19(32)33)24-15(30)11(27-34-2)14-26-20(22)38-28-14/h3-6,12,18H,7H2,1-2H3,(H,24,30)(H,32,33)(H2,22,26,28)/b6-4+,27-11-/t12-,18-/m1/s1. The minimum Gasteiger partial charge on any atom is -0.477 e. The summed E-state index contributed by atoms with van der Waals surface area (Å²) < 4.78 is 4.72. The number of carboxylic acid groups (broad SMARTS) is 1. The number of carboxylic acids is 1. The van der Waals surface area contributed by atoms with Crippen molar-refractivity contribution in [2.45, 2.75) is 22.7 Å². The lowest BCUT2D eigenvalue weighted by Crippen LogP contribution is -2.71. The van der Waals surface area contributed by atoms with Crippen molar-refractivity contribution in [2.75, 3.05) is 18.6 Å². The van der Waals surface area contributed by atoms with Gasteiger partial charge in [0.2, 0.25) is 11.5 Å². The number of amides is 2. The second-order valence-electron chi connectivity index (χ2n) is 7.80. The zero-order valence-corrected chi connectivity index (χ0v) is 22.9. The summed E-state index contributed by atoms with van der Waals surface area (Å²) in [5.41, 5.74) is 7.55. The Morgan fingerprint density at radius 1 is 1.39 bits per heavy atom. The summed E-state index contributed by atoms with van der Waals surface area (Å²) in [7, 11) is 1.25. The van der Waals surface area contributed by atoms with E-state index in [-0.39, 0.29) is 22.4 Å². The van der Waals surface area contributed by atoms with Crippen LogP contribution in [-0.4, -0.2) is 77.1 Å². The molecule has 0 aromatic carbocycles. The van der Waals surface area contributed by atoms with Crippen molar-refractivity contribution in [1.29, 1.82) is 0 Å². The Bertz CT molecular complexity index is 1550.